The maximum absolute atomic E-state index is 5.93. The Morgan fingerprint density at radius 2 is 1.83 bits per heavy atom. The SMILES string of the molecule is CCc1ccc(OC)c(Nc2ncc(Br)c(Nc3ccc(-c4cnn(C)c4)c(OC)c3P(C)C)n2)c1. The summed E-state index contributed by atoms with van der Waals surface area (Å²) in [6.45, 7) is 6.53. The Balaban J connectivity index is 1.71. The van der Waals surface area contributed by atoms with Gasteiger partial charge in [-0.3, -0.25) is 4.68 Å². The first-order valence-electron chi connectivity index (χ1n) is 11.4. The monoisotopic (exact) mass is 568 g/mol. The summed E-state index contributed by atoms with van der Waals surface area (Å²) in [7, 11) is 4.76. The van der Waals surface area contributed by atoms with Crippen LogP contribution in [0.1, 0.15) is 12.5 Å². The van der Waals surface area contributed by atoms with E-state index in [4.69, 9.17) is 14.5 Å². The first kappa shape index (κ1) is 25.9. The van der Waals surface area contributed by atoms with Crippen molar-refractivity contribution < 1.29 is 9.47 Å². The van der Waals surface area contributed by atoms with Crippen molar-refractivity contribution in [1.29, 1.82) is 0 Å². The summed E-state index contributed by atoms with van der Waals surface area (Å²) in [6.07, 6.45) is 6.49. The van der Waals surface area contributed by atoms with Crippen LogP contribution in [0.2, 0.25) is 0 Å². The van der Waals surface area contributed by atoms with Crippen molar-refractivity contribution >= 4 is 52.3 Å². The standard InChI is InChI=1S/C26H30BrN6O2P/c1-7-16-8-11-22(34-3)21(12-16)31-26-28-14-19(27)25(32-26)30-20-10-9-18(17-13-29-33(2)15-17)23(35-4)24(20)36(5)6/h8-15H,7H2,1-6H3,(H2,28,30,31,32). The summed E-state index contributed by atoms with van der Waals surface area (Å²) >= 11 is 3.60. The second kappa shape index (κ2) is 11.3. The number of anilines is 4. The molecular weight excluding hydrogens is 539 g/mol. The number of ether oxygens (including phenoxy) is 2. The molecule has 36 heavy (non-hydrogen) atoms. The molecule has 0 aliphatic carbocycles. The molecule has 0 unspecified atom stereocenters. The molecular formula is C26H30BrN6O2P. The molecule has 0 aliphatic rings. The van der Waals surface area contributed by atoms with Crippen molar-refractivity contribution in [2.75, 3.05) is 38.2 Å². The van der Waals surface area contributed by atoms with Crippen LogP contribution in [0, 0.1) is 0 Å². The number of hydrogen-bond acceptors (Lipinski definition) is 7. The molecule has 0 aliphatic heterocycles. The lowest BCUT2D eigenvalue weighted by atomic mass is 10.1. The van der Waals surface area contributed by atoms with Gasteiger partial charge < -0.3 is 20.1 Å². The lowest BCUT2D eigenvalue weighted by Gasteiger charge is -2.21. The van der Waals surface area contributed by atoms with Gasteiger partial charge in [-0.15, -0.1) is 0 Å². The van der Waals surface area contributed by atoms with Gasteiger partial charge >= 0.3 is 0 Å². The van der Waals surface area contributed by atoms with Gasteiger partial charge in [0.15, 0.2) is 0 Å². The summed E-state index contributed by atoms with van der Waals surface area (Å²) in [5.74, 6) is 2.68. The van der Waals surface area contributed by atoms with Crippen LogP contribution in [0.4, 0.5) is 23.1 Å². The van der Waals surface area contributed by atoms with E-state index in [9.17, 15) is 0 Å². The van der Waals surface area contributed by atoms with E-state index in [1.807, 2.05) is 25.5 Å². The third-order valence-corrected chi connectivity index (χ3v) is 7.63. The fourth-order valence-corrected chi connectivity index (χ4v) is 5.47. The minimum Gasteiger partial charge on any atom is -0.495 e. The molecule has 0 bridgehead atoms. The van der Waals surface area contributed by atoms with Crippen molar-refractivity contribution in [3.8, 4) is 22.6 Å². The fraction of sp³-hybridized carbons (Fsp3) is 0.269. The smallest absolute Gasteiger partial charge is 0.229 e. The Morgan fingerprint density at radius 1 is 1.03 bits per heavy atom. The number of aryl methyl sites for hydroxylation is 2. The molecule has 2 aromatic heterocycles. The van der Waals surface area contributed by atoms with E-state index < -0.39 is 7.92 Å². The minimum absolute atomic E-state index is 0.461. The molecule has 10 heteroatoms. The van der Waals surface area contributed by atoms with E-state index >= 15 is 0 Å². The van der Waals surface area contributed by atoms with Gasteiger partial charge in [-0.1, -0.05) is 20.9 Å². The van der Waals surface area contributed by atoms with Crippen LogP contribution in [0.3, 0.4) is 0 Å². The zero-order valence-corrected chi connectivity index (χ0v) is 23.7. The quantitative estimate of drug-likeness (QED) is 0.237. The van der Waals surface area contributed by atoms with Crippen molar-refractivity contribution in [2.45, 2.75) is 13.3 Å². The summed E-state index contributed by atoms with van der Waals surface area (Å²) in [5.41, 5.74) is 4.97. The fourth-order valence-electron chi connectivity index (χ4n) is 3.95. The highest BCUT2D eigenvalue weighted by atomic mass is 79.9. The highest BCUT2D eigenvalue weighted by molar-refractivity contribution is 9.10. The van der Waals surface area contributed by atoms with Crippen LogP contribution in [0.15, 0.2) is 53.4 Å². The summed E-state index contributed by atoms with van der Waals surface area (Å²) in [6, 6.07) is 10.2. The molecule has 2 aromatic carbocycles. The maximum Gasteiger partial charge on any atom is 0.229 e. The van der Waals surface area contributed by atoms with Gasteiger partial charge in [0.2, 0.25) is 5.95 Å². The van der Waals surface area contributed by atoms with Gasteiger partial charge in [-0.2, -0.15) is 10.1 Å². The predicted molar refractivity (Wildman–Crippen MR) is 152 cm³/mol. The molecule has 0 amide bonds. The highest BCUT2D eigenvalue weighted by Gasteiger charge is 2.20. The molecule has 188 valence electrons. The van der Waals surface area contributed by atoms with Gasteiger partial charge in [-0.05, 0) is 65.5 Å². The number of benzene rings is 2. The van der Waals surface area contributed by atoms with Crippen LogP contribution >= 0.6 is 23.9 Å². The molecule has 8 nitrogen and oxygen atoms in total. The van der Waals surface area contributed by atoms with E-state index in [2.05, 4.69) is 81.2 Å². The zero-order chi connectivity index (χ0) is 25.8. The number of methoxy groups -OCH3 is 2. The van der Waals surface area contributed by atoms with Crippen LogP contribution < -0.4 is 25.4 Å². The number of nitrogens with one attached hydrogen (secondary N) is 2. The largest absolute Gasteiger partial charge is 0.495 e. The molecule has 0 saturated heterocycles. The molecule has 2 N–H and O–H groups in total. The normalized spacial score (nSPS) is 11.0. The van der Waals surface area contributed by atoms with Crippen LogP contribution in [-0.4, -0.2) is 47.3 Å². The maximum atomic E-state index is 5.93. The number of halogens is 1. The molecule has 0 atom stereocenters. The Kier molecular flexibility index (Phi) is 8.11. The van der Waals surface area contributed by atoms with Crippen molar-refractivity contribution in [3.63, 3.8) is 0 Å². The zero-order valence-electron chi connectivity index (χ0n) is 21.3. The minimum atomic E-state index is -0.514. The molecule has 4 aromatic rings. The molecule has 2 heterocycles. The second-order valence-corrected chi connectivity index (χ2v) is 11.5. The second-order valence-electron chi connectivity index (χ2n) is 8.37. The number of nitrogens with zero attached hydrogens (tertiary/aromatic N) is 4. The molecule has 0 fully saturated rings. The first-order valence-corrected chi connectivity index (χ1v) is 14.5. The van der Waals surface area contributed by atoms with Gasteiger partial charge in [-0.25, -0.2) is 4.98 Å². The van der Waals surface area contributed by atoms with Gasteiger partial charge in [0.25, 0.3) is 0 Å². The third kappa shape index (κ3) is 5.47. The molecule has 4 rings (SSSR count). The Morgan fingerprint density at radius 3 is 2.47 bits per heavy atom. The third-order valence-electron chi connectivity index (χ3n) is 5.71. The lowest BCUT2D eigenvalue weighted by Crippen LogP contribution is -2.13. The average Bonchev–Trinajstić information content (AvgIpc) is 3.31. The molecule has 0 spiro atoms. The van der Waals surface area contributed by atoms with Crippen molar-refractivity contribution in [3.05, 3.63) is 59.0 Å². The van der Waals surface area contributed by atoms with Crippen molar-refractivity contribution in [1.82, 2.24) is 19.7 Å². The van der Waals surface area contributed by atoms with E-state index in [-0.39, 0.29) is 0 Å². The molecule has 0 radical (unpaired) electrons. The van der Waals surface area contributed by atoms with E-state index in [0.717, 1.165) is 50.2 Å². The van der Waals surface area contributed by atoms with Crippen LogP contribution in [-0.2, 0) is 13.5 Å². The highest BCUT2D eigenvalue weighted by Crippen LogP contribution is 2.41. The average molecular weight is 569 g/mol. The van der Waals surface area contributed by atoms with E-state index in [0.29, 0.717) is 11.8 Å². The lowest BCUT2D eigenvalue weighted by molar-refractivity contribution is 0.416. The molecule has 0 saturated carbocycles. The van der Waals surface area contributed by atoms with Crippen LogP contribution in [0.25, 0.3) is 11.1 Å². The van der Waals surface area contributed by atoms with E-state index in [1.165, 1.54) is 5.56 Å². The first-order chi connectivity index (χ1) is 17.3. The topological polar surface area (TPSA) is 86.1 Å². The summed E-state index contributed by atoms with van der Waals surface area (Å²) < 4.78 is 14.0. The number of aromatic nitrogens is 4. The Labute approximate surface area is 221 Å². The van der Waals surface area contributed by atoms with Gasteiger partial charge in [0, 0.05) is 35.9 Å². The van der Waals surface area contributed by atoms with Gasteiger partial charge in [0.05, 0.1) is 36.3 Å². The summed E-state index contributed by atoms with van der Waals surface area (Å²) in [4.78, 5) is 9.21. The Hall–Kier alpha value is -3.16. The van der Waals surface area contributed by atoms with Gasteiger partial charge in [0.1, 0.15) is 17.3 Å². The number of hydrogen-bond donors (Lipinski definition) is 2. The van der Waals surface area contributed by atoms with Crippen LogP contribution in [0.5, 0.6) is 11.5 Å². The van der Waals surface area contributed by atoms with Crippen molar-refractivity contribution in [2.24, 2.45) is 7.05 Å². The van der Waals surface area contributed by atoms with E-state index in [1.54, 1.807) is 25.1 Å². The Bertz CT molecular complexity index is 1370. The summed E-state index contributed by atoms with van der Waals surface area (Å²) in [5, 5.41) is 12.3. The number of rotatable bonds is 9. The predicted octanol–water partition coefficient (Wildman–Crippen LogP) is 6.07.